The Bertz CT molecular complexity index is 898. The number of para-hydroxylation sites is 1. The van der Waals surface area contributed by atoms with Crippen LogP contribution in [0.5, 0.6) is 0 Å². The fourth-order valence-electron chi connectivity index (χ4n) is 3.66. The van der Waals surface area contributed by atoms with Gasteiger partial charge >= 0.3 is 6.18 Å². The molecule has 8 heteroatoms. The van der Waals surface area contributed by atoms with Crippen LogP contribution in [0.1, 0.15) is 37.8 Å². The van der Waals surface area contributed by atoms with Crippen LogP contribution in [0.3, 0.4) is 0 Å². The lowest BCUT2D eigenvalue weighted by atomic mass is 10.0. The molecule has 0 radical (unpaired) electrons. The number of benzene rings is 2. The van der Waals surface area contributed by atoms with Gasteiger partial charge in [-0.25, -0.2) is 0 Å². The summed E-state index contributed by atoms with van der Waals surface area (Å²) in [5.41, 5.74) is 1.09. The zero-order valence-corrected chi connectivity index (χ0v) is 19.2. The van der Waals surface area contributed by atoms with Crippen LogP contribution in [0, 0.1) is 17.2 Å². The predicted molar refractivity (Wildman–Crippen MR) is 126 cm³/mol. The van der Waals surface area contributed by atoms with E-state index in [-0.39, 0.29) is 11.6 Å². The highest BCUT2D eigenvalue weighted by molar-refractivity contribution is 8.00. The van der Waals surface area contributed by atoms with Crippen LogP contribution in [-0.2, 0) is 10.9 Å². The largest absolute Gasteiger partial charge is 0.418 e. The monoisotopic (exact) mass is 465 g/mol. The lowest BCUT2D eigenvalue weighted by Crippen LogP contribution is -2.23. The molecule has 0 atom stereocenters. The van der Waals surface area contributed by atoms with Crippen molar-refractivity contribution in [3.05, 3.63) is 53.6 Å². The van der Waals surface area contributed by atoms with Gasteiger partial charge in [-0.1, -0.05) is 26.0 Å². The number of rotatable bonds is 9. The van der Waals surface area contributed by atoms with E-state index in [1.165, 1.54) is 30.3 Å². The van der Waals surface area contributed by atoms with Gasteiger partial charge in [0.1, 0.15) is 0 Å². The van der Waals surface area contributed by atoms with E-state index in [1.807, 2.05) is 32.0 Å². The number of ether oxygens (including phenoxy) is 1. The van der Waals surface area contributed by atoms with Crippen molar-refractivity contribution in [2.45, 2.75) is 37.8 Å². The summed E-state index contributed by atoms with van der Waals surface area (Å²) in [6.45, 7) is 6.80. The molecule has 2 aromatic carbocycles. The van der Waals surface area contributed by atoms with E-state index < -0.39 is 11.7 Å². The molecule has 0 spiro atoms. The lowest BCUT2D eigenvalue weighted by Gasteiger charge is -2.28. The summed E-state index contributed by atoms with van der Waals surface area (Å²) in [4.78, 5) is 0.790. The molecule has 1 aliphatic heterocycles. The second-order valence-electron chi connectivity index (χ2n) is 8.39. The fraction of sp³-hybridized carbons (Fsp3) is 0.458. The van der Waals surface area contributed by atoms with Gasteiger partial charge < -0.3 is 19.8 Å². The molecule has 2 aromatic rings. The van der Waals surface area contributed by atoms with E-state index in [1.54, 1.807) is 10.4 Å². The summed E-state index contributed by atoms with van der Waals surface area (Å²) < 4.78 is 47.9. The van der Waals surface area contributed by atoms with Gasteiger partial charge in [-0.2, -0.15) is 13.2 Å². The molecule has 1 aliphatic rings. The van der Waals surface area contributed by atoms with Gasteiger partial charge in [-0.3, -0.25) is 0 Å². The molecule has 174 valence electrons. The third kappa shape index (κ3) is 6.65. The zero-order valence-electron chi connectivity index (χ0n) is 18.4. The Hall–Kier alpha value is -2.19. The summed E-state index contributed by atoms with van der Waals surface area (Å²) in [5, 5.41) is 11.3. The molecule has 32 heavy (non-hydrogen) atoms. The van der Waals surface area contributed by atoms with Gasteiger partial charge in [0.15, 0.2) is 0 Å². The molecule has 0 amide bonds. The Morgan fingerprint density at radius 3 is 2.56 bits per heavy atom. The SMILES string of the molecule is CC(C)CN(Sc1ccc(NCC2CCOCC2)c(C=N)c1)c1ccccc1C(F)(F)F. The summed E-state index contributed by atoms with van der Waals surface area (Å²) in [7, 11) is 0. The molecular formula is C24H30F3N3OS. The number of anilines is 2. The maximum atomic E-state index is 13.6. The minimum atomic E-state index is -4.43. The van der Waals surface area contributed by atoms with Crippen molar-refractivity contribution in [1.82, 2.24) is 0 Å². The molecule has 0 saturated carbocycles. The van der Waals surface area contributed by atoms with Gasteiger partial charge in [0, 0.05) is 48.7 Å². The van der Waals surface area contributed by atoms with Gasteiger partial charge in [0.2, 0.25) is 0 Å². The van der Waals surface area contributed by atoms with Gasteiger partial charge in [0.05, 0.1) is 11.3 Å². The van der Waals surface area contributed by atoms with Crippen molar-refractivity contribution >= 4 is 29.5 Å². The van der Waals surface area contributed by atoms with Crippen molar-refractivity contribution in [2.75, 3.05) is 35.9 Å². The van der Waals surface area contributed by atoms with Gasteiger partial charge in [0.25, 0.3) is 0 Å². The second-order valence-corrected chi connectivity index (χ2v) is 9.49. The molecule has 4 nitrogen and oxygen atoms in total. The standard InChI is InChI=1S/C24H30F3N3OS/c1-17(2)16-30(23-6-4-3-5-21(23)24(25,26)27)32-20-7-8-22(19(13-20)14-28)29-15-18-9-11-31-12-10-18/h3-8,13-14,17-18,28-29H,9-12,15-16H2,1-2H3. The summed E-state index contributed by atoms with van der Waals surface area (Å²) in [6, 6.07) is 11.3. The Balaban J connectivity index is 1.80. The van der Waals surface area contributed by atoms with Crippen LogP contribution >= 0.6 is 11.9 Å². The first kappa shape index (κ1) is 24.5. The normalized spacial score (nSPS) is 15.1. The van der Waals surface area contributed by atoms with Crippen LogP contribution in [0.15, 0.2) is 47.4 Å². The first-order valence-corrected chi connectivity index (χ1v) is 11.6. The van der Waals surface area contributed by atoms with E-state index in [2.05, 4.69) is 5.32 Å². The highest BCUT2D eigenvalue weighted by Crippen LogP contribution is 2.40. The van der Waals surface area contributed by atoms with Crippen molar-refractivity contribution < 1.29 is 17.9 Å². The average Bonchev–Trinajstić information content (AvgIpc) is 2.77. The fourth-order valence-corrected chi connectivity index (χ4v) is 4.85. The van der Waals surface area contributed by atoms with Crippen LogP contribution in [-0.4, -0.2) is 32.5 Å². The topological polar surface area (TPSA) is 48.4 Å². The number of nitrogens with zero attached hydrogens (tertiary/aromatic N) is 1. The van der Waals surface area contributed by atoms with E-state index in [0.717, 1.165) is 54.8 Å². The van der Waals surface area contributed by atoms with Crippen molar-refractivity contribution in [3.63, 3.8) is 0 Å². The second kappa shape index (κ2) is 11.1. The third-order valence-electron chi connectivity index (χ3n) is 5.33. The third-order valence-corrected chi connectivity index (χ3v) is 6.36. The zero-order chi connectivity index (χ0) is 23.1. The van der Waals surface area contributed by atoms with E-state index in [0.29, 0.717) is 12.5 Å². The van der Waals surface area contributed by atoms with Crippen molar-refractivity contribution in [3.8, 4) is 0 Å². The van der Waals surface area contributed by atoms with E-state index >= 15 is 0 Å². The minimum absolute atomic E-state index is 0.150. The first-order valence-electron chi connectivity index (χ1n) is 10.9. The van der Waals surface area contributed by atoms with E-state index in [9.17, 15) is 13.2 Å². The van der Waals surface area contributed by atoms with Crippen LogP contribution < -0.4 is 9.62 Å². The quantitative estimate of drug-likeness (QED) is 0.319. The molecule has 2 N–H and O–H groups in total. The van der Waals surface area contributed by atoms with Crippen LogP contribution in [0.4, 0.5) is 24.5 Å². The summed E-state index contributed by atoms with van der Waals surface area (Å²) >= 11 is 1.27. The molecule has 0 bridgehead atoms. The molecule has 0 unspecified atom stereocenters. The molecule has 0 aromatic heterocycles. The number of alkyl halides is 3. The first-order chi connectivity index (χ1) is 15.3. The summed E-state index contributed by atoms with van der Waals surface area (Å²) in [5.74, 6) is 0.711. The maximum Gasteiger partial charge on any atom is 0.418 e. The smallest absolute Gasteiger partial charge is 0.384 e. The molecule has 0 aliphatic carbocycles. The van der Waals surface area contributed by atoms with Crippen LogP contribution in [0.2, 0.25) is 0 Å². The van der Waals surface area contributed by atoms with Crippen molar-refractivity contribution in [2.24, 2.45) is 11.8 Å². The Morgan fingerprint density at radius 2 is 1.91 bits per heavy atom. The number of hydrogen-bond acceptors (Lipinski definition) is 5. The maximum absolute atomic E-state index is 13.6. The molecule has 1 saturated heterocycles. The highest BCUT2D eigenvalue weighted by atomic mass is 32.2. The Kier molecular flexibility index (Phi) is 8.48. The number of nitrogens with one attached hydrogen (secondary N) is 2. The number of hydrogen-bond donors (Lipinski definition) is 2. The van der Waals surface area contributed by atoms with Gasteiger partial charge in [-0.05, 0) is 67.0 Å². The lowest BCUT2D eigenvalue weighted by molar-refractivity contribution is -0.137. The van der Waals surface area contributed by atoms with E-state index in [4.69, 9.17) is 10.1 Å². The van der Waals surface area contributed by atoms with Crippen molar-refractivity contribution in [1.29, 1.82) is 5.41 Å². The molecule has 3 rings (SSSR count). The minimum Gasteiger partial charge on any atom is -0.384 e. The van der Waals surface area contributed by atoms with Gasteiger partial charge in [-0.15, -0.1) is 0 Å². The molecule has 1 fully saturated rings. The number of halogens is 3. The average molecular weight is 466 g/mol. The molecular weight excluding hydrogens is 435 g/mol. The van der Waals surface area contributed by atoms with Crippen LogP contribution in [0.25, 0.3) is 0 Å². The highest BCUT2D eigenvalue weighted by Gasteiger charge is 2.35. The predicted octanol–water partition coefficient (Wildman–Crippen LogP) is 6.71. The molecule has 1 heterocycles. The summed E-state index contributed by atoms with van der Waals surface area (Å²) in [6.07, 6.45) is -1.11. The Morgan fingerprint density at radius 1 is 1.19 bits per heavy atom. The Labute approximate surface area is 192 Å².